The fourth-order valence-corrected chi connectivity index (χ4v) is 5.40. The maximum absolute atomic E-state index is 13.9. The van der Waals surface area contributed by atoms with Gasteiger partial charge in [0.2, 0.25) is 17.7 Å². The van der Waals surface area contributed by atoms with Crippen LogP contribution < -0.4 is 15.5 Å². The molecule has 0 fully saturated rings. The number of allylic oxidation sites excluding steroid dienone is 1. The molecule has 11 nitrogen and oxygen atoms in total. The molecule has 0 saturated carbocycles. The number of rotatable bonds is 7. The van der Waals surface area contributed by atoms with Gasteiger partial charge in [-0.3, -0.25) is 24.3 Å². The molecule has 2 unspecified atom stereocenters. The van der Waals surface area contributed by atoms with Gasteiger partial charge in [-0.15, -0.1) is 10.2 Å². The maximum atomic E-state index is 13.9. The Hall–Kier alpha value is -3.89. The number of hydrogen-bond donors (Lipinski definition) is 3. The highest BCUT2D eigenvalue weighted by molar-refractivity contribution is 6.08. The third-order valence-electron chi connectivity index (χ3n) is 7.28. The maximum Gasteiger partial charge on any atom is 0.250 e. The smallest absolute Gasteiger partial charge is 0.250 e. The molecule has 3 aliphatic rings. The molecule has 3 aliphatic heterocycles. The molecule has 2 aromatic rings. The molecule has 5 rings (SSSR count). The van der Waals surface area contributed by atoms with Crippen LogP contribution in [0.3, 0.4) is 0 Å². The van der Waals surface area contributed by atoms with Gasteiger partial charge >= 0.3 is 0 Å². The normalized spacial score (nSPS) is 23.4. The number of amides is 3. The minimum Gasteiger partial charge on any atom is -0.347 e. The number of tetrazole rings is 1. The Bertz CT molecular complexity index is 1250. The number of aromatic amines is 1. The van der Waals surface area contributed by atoms with Crippen LogP contribution in [-0.2, 0) is 33.8 Å². The van der Waals surface area contributed by atoms with E-state index in [1.165, 1.54) is 0 Å². The lowest BCUT2D eigenvalue weighted by Gasteiger charge is -2.29. The molecule has 0 saturated heterocycles. The molecular weight excluding hydrogens is 472 g/mol. The zero-order chi connectivity index (χ0) is 26.1. The Morgan fingerprint density at radius 1 is 1.24 bits per heavy atom. The first-order chi connectivity index (χ1) is 17.8. The molecule has 4 atom stereocenters. The van der Waals surface area contributed by atoms with Crippen molar-refractivity contribution in [2.45, 2.75) is 65.1 Å². The lowest BCUT2D eigenvalue weighted by atomic mass is 9.88. The molecule has 0 spiro atoms. The predicted molar refractivity (Wildman–Crippen MR) is 136 cm³/mol. The van der Waals surface area contributed by atoms with Gasteiger partial charge in [-0.1, -0.05) is 50.3 Å². The predicted octanol–water partition coefficient (Wildman–Crippen LogP) is 1.47. The highest BCUT2D eigenvalue weighted by Crippen LogP contribution is 2.39. The average molecular weight is 505 g/mol. The Morgan fingerprint density at radius 3 is 2.76 bits per heavy atom. The minimum absolute atomic E-state index is 0.0111. The van der Waals surface area contributed by atoms with Crippen molar-refractivity contribution < 1.29 is 14.4 Å². The van der Waals surface area contributed by atoms with Crippen LogP contribution in [0.5, 0.6) is 0 Å². The molecule has 37 heavy (non-hydrogen) atoms. The summed E-state index contributed by atoms with van der Waals surface area (Å²) in [6.07, 6.45) is 6.23. The van der Waals surface area contributed by atoms with Crippen molar-refractivity contribution in [3.05, 3.63) is 46.9 Å². The molecule has 3 N–H and O–H groups in total. The molecule has 0 radical (unpaired) electrons. The van der Waals surface area contributed by atoms with Crippen LogP contribution in [0.2, 0.25) is 0 Å². The van der Waals surface area contributed by atoms with Crippen LogP contribution in [0, 0.1) is 17.8 Å². The first-order valence-corrected chi connectivity index (χ1v) is 12.8. The van der Waals surface area contributed by atoms with E-state index in [2.05, 4.69) is 43.2 Å². The largest absolute Gasteiger partial charge is 0.347 e. The summed E-state index contributed by atoms with van der Waals surface area (Å²) in [5.41, 5.74) is 3.49. The summed E-state index contributed by atoms with van der Waals surface area (Å²) in [5.74, 6) is -0.533. The van der Waals surface area contributed by atoms with Gasteiger partial charge in [0.05, 0.1) is 18.2 Å². The number of carbonyl (C=O) groups is 3. The summed E-state index contributed by atoms with van der Waals surface area (Å²) in [7, 11) is 0. The van der Waals surface area contributed by atoms with Gasteiger partial charge in [0, 0.05) is 18.3 Å². The molecule has 194 valence electrons. The van der Waals surface area contributed by atoms with Gasteiger partial charge < -0.3 is 10.6 Å². The van der Waals surface area contributed by atoms with Gasteiger partial charge in [-0.2, -0.15) is 5.21 Å². The third kappa shape index (κ3) is 4.90. The van der Waals surface area contributed by atoms with E-state index in [1.54, 1.807) is 4.90 Å². The fourth-order valence-electron chi connectivity index (χ4n) is 5.40. The quantitative estimate of drug-likeness (QED) is 0.521. The second-order valence-corrected chi connectivity index (χ2v) is 10.3. The van der Waals surface area contributed by atoms with Crippen molar-refractivity contribution in [2.24, 2.45) is 22.7 Å². The van der Waals surface area contributed by atoms with E-state index in [0.717, 1.165) is 28.9 Å². The number of H-pyrrole nitrogens is 1. The number of benzene rings is 1. The highest BCUT2D eigenvalue weighted by Gasteiger charge is 2.44. The first kappa shape index (κ1) is 24.8. The van der Waals surface area contributed by atoms with E-state index < -0.39 is 18.0 Å². The van der Waals surface area contributed by atoms with E-state index in [-0.39, 0.29) is 30.2 Å². The van der Waals surface area contributed by atoms with Gasteiger partial charge in [0.1, 0.15) is 12.1 Å². The van der Waals surface area contributed by atoms with Crippen molar-refractivity contribution in [3.63, 3.8) is 0 Å². The molecule has 1 aromatic heterocycles. The van der Waals surface area contributed by atoms with Crippen molar-refractivity contribution >= 4 is 29.6 Å². The molecule has 1 aromatic carbocycles. The minimum atomic E-state index is -0.744. The highest BCUT2D eigenvalue weighted by atomic mass is 16.2. The Kier molecular flexibility index (Phi) is 6.86. The lowest BCUT2D eigenvalue weighted by Crippen LogP contribution is -2.55. The molecule has 3 amide bonds. The van der Waals surface area contributed by atoms with Crippen LogP contribution in [0.25, 0.3) is 0 Å². The van der Waals surface area contributed by atoms with Crippen LogP contribution in [0.4, 0.5) is 5.69 Å². The summed E-state index contributed by atoms with van der Waals surface area (Å²) in [6, 6.07) is 4.43. The second kappa shape index (κ2) is 10.2. The standard InChI is InChI=1S/C26H32N8O3/c1-14(2)22(18-9-7-15(3)12-27-18)25(36)29-19-10-8-16-5-4-6-17-11-20(34(23(16)17)26(19)37)24(35)28-13-21-30-32-33-31-21/h4-6,9,12,14-15,19-20,22H,7-8,10-11,13H2,1-3H3,(H,28,35)(H,29,36)(H,30,31,32,33)/t15?,19-,20?,22+/m0/s1. The van der Waals surface area contributed by atoms with Crippen LogP contribution >= 0.6 is 0 Å². The van der Waals surface area contributed by atoms with Crippen LogP contribution in [-0.4, -0.2) is 56.6 Å². The van der Waals surface area contributed by atoms with E-state index in [4.69, 9.17) is 0 Å². The zero-order valence-electron chi connectivity index (χ0n) is 21.3. The van der Waals surface area contributed by atoms with Crippen LogP contribution in [0.1, 0.15) is 50.6 Å². The monoisotopic (exact) mass is 504 g/mol. The number of hydrogen-bond acceptors (Lipinski definition) is 7. The van der Waals surface area contributed by atoms with Gasteiger partial charge in [-0.25, -0.2) is 0 Å². The number of nitrogens with one attached hydrogen (secondary N) is 3. The second-order valence-electron chi connectivity index (χ2n) is 10.3. The summed E-state index contributed by atoms with van der Waals surface area (Å²) < 4.78 is 0. The zero-order valence-corrected chi connectivity index (χ0v) is 21.3. The van der Waals surface area contributed by atoms with Crippen molar-refractivity contribution in [3.8, 4) is 0 Å². The van der Waals surface area contributed by atoms with E-state index in [9.17, 15) is 14.4 Å². The number of para-hydroxylation sites is 1. The Morgan fingerprint density at radius 2 is 2.05 bits per heavy atom. The Balaban J connectivity index is 1.37. The first-order valence-electron chi connectivity index (χ1n) is 12.8. The number of aliphatic imine (C=N–C) groups is 1. The van der Waals surface area contributed by atoms with E-state index in [1.807, 2.05) is 44.3 Å². The lowest BCUT2D eigenvalue weighted by molar-refractivity contribution is -0.131. The SMILES string of the molecule is CC1C=NC([C@H](C(=O)N[C@H]2CCc3cccc4c3N(C2=O)C(C(=O)NCc2nn[nH]n2)C4)C(C)C)=CC1. The molecule has 4 heterocycles. The van der Waals surface area contributed by atoms with Crippen LogP contribution in [0.15, 0.2) is 35.0 Å². The molecule has 11 heteroatoms. The number of nitrogens with zero attached hydrogens (tertiary/aromatic N) is 5. The number of anilines is 1. The number of aryl methyl sites for hydroxylation is 1. The average Bonchev–Trinajstić information content (AvgIpc) is 3.51. The Labute approximate surface area is 215 Å². The molecule has 0 bridgehead atoms. The van der Waals surface area contributed by atoms with Gasteiger partial charge in [0.15, 0.2) is 5.82 Å². The topological polar surface area (TPSA) is 145 Å². The van der Waals surface area contributed by atoms with Gasteiger partial charge in [-0.05, 0) is 42.2 Å². The molecule has 0 aliphatic carbocycles. The van der Waals surface area contributed by atoms with Crippen molar-refractivity contribution in [2.75, 3.05) is 4.90 Å². The summed E-state index contributed by atoms with van der Waals surface area (Å²) in [6.45, 7) is 6.16. The molecular formula is C26H32N8O3. The van der Waals surface area contributed by atoms with Gasteiger partial charge in [0.25, 0.3) is 0 Å². The van der Waals surface area contributed by atoms with E-state index in [0.29, 0.717) is 31.0 Å². The third-order valence-corrected chi connectivity index (χ3v) is 7.28. The van der Waals surface area contributed by atoms with E-state index >= 15 is 0 Å². The fraction of sp³-hybridized carbons (Fsp3) is 0.500. The van der Waals surface area contributed by atoms with Crippen molar-refractivity contribution in [1.82, 2.24) is 31.3 Å². The summed E-state index contributed by atoms with van der Waals surface area (Å²) in [4.78, 5) is 46.8. The number of carbonyl (C=O) groups excluding carboxylic acids is 3. The van der Waals surface area contributed by atoms with Crippen molar-refractivity contribution in [1.29, 1.82) is 0 Å². The summed E-state index contributed by atoms with van der Waals surface area (Å²) in [5, 5.41) is 19.4. The summed E-state index contributed by atoms with van der Waals surface area (Å²) >= 11 is 0. The number of aromatic nitrogens is 4.